The van der Waals surface area contributed by atoms with Crippen LogP contribution in [0.15, 0.2) is 12.2 Å². The zero-order chi connectivity index (χ0) is 7.98. The minimum absolute atomic E-state index is 0.592. The summed E-state index contributed by atoms with van der Waals surface area (Å²) in [6.45, 7) is 6.11. The van der Waals surface area contributed by atoms with Gasteiger partial charge in [-0.05, 0) is 18.8 Å². The first-order chi connectivity index (χ1) is 4.66. The van der Waals surface area contributed by atoms with Gasteiger partial charge in [0.15, 0.2) is 0 Å². The lowest BCUT2D eigenvalue weighted by Gasteiger charge is -1.98. The first kappa shape index (κ1) is 9.67. The lowest BCUT2D eigenvalue weighted by Crippen LogP contribution is -1.91. The van der Waals surface area contributed by atoms with Gasteiger partial charge < -0.3 is 0 Å². The van der Waals surface area contributed by atoms with Gasteiger partial charge in [0, 0.05) is 0 Å². The highest BCUT2D eigenvalue weighted by Gasteiger charge is 1.94. The first-order valence-corrected chi connectivity index (χ1v) is 3.97. The van der Waals surface area contributed by atoms with Crippen LogP contribution in [0.4, 0.5) is 4.39 Å². The van der Waals surface area contributed by atoms with Crippen LogP contribution in [-0.4, -0.2) is 6.17 Å². The standard InChI is InChI=1S/C9H17F/c1-4-9(10)7-5-6-8(2)3/h5,7-9H,4,6H2,1-3H3. The zero-order valence-electron chi connectivity index (χ0n) is 7.10. The van der Waals surface area contributed by atoms with E-state index in [2.05, 4.69) is 13.8 Å². The van der Waals surface area contributed by atoms with Crippen molar-refractivity contribution in [1.29, 1.82) is 0 Å². The van der Waals surface area contributed by atoms with E-state index in [4.69, 9.17) is 0 Å². The molecule has 10 heavy (non-hydrogen) atoms. The molecule has 0 bridgehead atoms. The predicted octanol–water partition coefficient (Wildman–Crippen LogP) is 3.34. The van der Waals surface area contributed by atoms with Gasteiger partial charge in [0.25, 0.3) is 0 Å². The number of halogens is 1. The predicted molar refractivity (Wildman–Crippen MR) is 43.8 cm³/mol. The van der Waals surface area contributed by atoms with E-state index < -0.39 is 6.17 Å². The van der Waals surface area contributed by atoms with Crippen molar-refractivity contribution in [2.45, 2.75) is 39.8 Å². The molecule has 0 saturated heterocycles. The average Bonchev–Trinajstić information content (AvgIpc) is 1.87. The molecule has 0 nitrogen and oxygen atoms in total. The zero-order valence-corrected chi connectivity index (χ0v) is 7.10. The molecule has 0 radical (unpaired) electrons. The maximum Gasteiger partial charge on any atom is 0.118 e. The second kappa shape index (κ2) is 5.45. The average molecular weight is 144 g/mol. The number of alkyl halides is 1. The molecule has 0 aliphatic heterocycles. The second-order valence-electron chi connectivity index (χ2n) is 2.98. The SMILES string of the molecule is CCC(F)C=CCC(C)C. The molecule has 0 aromatic heterocycles. The third-order valence-electron chi connectivity index (χ3n) is 1.34. The monoisotopic (exact) mass is 144 g/mol. The van der Waals surface area contributed by atoms with Crippen LogP contribution in [0.25, 0.3) is 0 Å². The van der Waals surface area contributed by atoms with Crippen molar-refractivity contribution in [3.8, 4) is 0 Å². The molecular formula is C9H17F. The molecule has 0 N–H and O–H groups in total. The van der Waals surface area contributed by atoms with Crippen LogP contribution in [0.3, 0.4) is 0 Å². The van der Waals surface area contributed by atoms with Crippen molar-refractivity contribution >= 4 is 0 Å². The molecule has 0 aromatic carbocycles. The molecule has 0 aliphatic carbocycles. The first-order valence-electron chi connectivity index (χ1n) is 3.97. The fourth-order valence-corrected chi connectivity index (χ4v) is 0.634. The summed E-state index contributed by atoms with van der Waals surface area (Å²) in [5.74, 6) is 0.639. The van der Waals surface area contributed by atoms with Gasteiger partial charge in [0.05, 0.1) is 0 Å². The normalized spacial score (nSPS) is 14.9. The summed E-state index contributed by atoms with van der Waals surface area (Å²) in [7, 11) is 0. The summed E-state index contributed by atoms with van der Waals surface area (Å²) in [6.07, 6.45) is 4.42. The number of hydrogen-bond donors (Lipinski definition) is 0. The van der Waals surface area contributed by atoms with E-state index in [0.717, 1.165) is 6.42 Å². The molecule has 60 valence electrons. The van der Waals surface area contributed by atoms with Crippen LogP contribution in [0.2, 0.25) is 0 Å². The minimum Gasteiger partial charge on any atom is -0.243 e. The molecule has 1 atom stereocenters. The molecule has 0 amide bonds. The van der Waals surface area contributed by atoms with Crippen LogP contribution < -0.4 is 0 Å². The maximum absolute atomic E-state index is 12.5. The summed E-state index contributed by atoms with van der Waals surface area (Å²) in [4.78, 5) is 0. The Kier molecular flexibility index (Phi) is 5.27. The summed E-state index contributed by atoms with van der Waals surface area (Å²) >= 11 is 0. The molecule has 0 fully saturated rings. The van der Waals surface area contributed by atoms with Gasteiger partial charge in [0.2, 0.25) is 0 Å². The van der Waals surface area contributed by atoms with E-state index in [0.29, 0.717) is 12.3 Å². The molecule has 1 heteroatoms. The van der Waals surface area contributed by atoms with Crippen LogP contribution in [0, 0.1) is 5.92 Å². The highest BCUT2D eigenvalue weighted by atomic mass is 19.1. The molecule has 0 rings (SSSR count). The van der Waals surface area contributed by atoms with Crippen molar-refractivity contribution in [3.63, 3.8) is 0 Å². The van der Waals surface area contributed by atoms with Crippen LogP contribution >= 0.6 is 0 Å². The van der Waals surface area contributed by atoms with Gasteiger partial charge in [-0.15, -0.1) is 0 Å². The highest BCUT2D eigenvalue weighted by Crippen LogP contribution is 2.03. The summed E-state index contributed by atoms with van der Waals surface area (Å²) in [6, 6.07) is 0. The van der Waals surface area contributed by atoms with E-state index in [1.54, 1.807) is 6.08 Å². The van der Waals surface area contributed by atoms with Gasteiger partial charge in [-0.1, -0.05) is 32.9 Å². The molecule has 0 aliphatic rings. The molecule has 0 spiro atoms. The molecule has 0 heterocycles. The molecular weight excluding hydrogens is 127 g/mol. The largest absolute Gasteiger partial charge is 0.243 e. The maximum atomic E-state index is 12.5. The number of hydrogen-bond acceptors (Lipinski definition) is 0. The Morgan fingerprint density at radius 3 is 2.40 bits per heavy atom. The van der Waals surface area contributed by atoms with E-state index in [1.807, 2.05) is 13.0 Å². The van der Waals surface area contributed by atoms with Crippen LogP contribution in [0.1, 0.15) is 33.6 Å². The number of rotatable bonds is 4. The van der Waals surface area contributed by atoms with Gasteiger partial charge >= 0.3 is 0 Å². The second-order valence-corrected chi connectivity index (χ2v) is 2.98. The quantitative estimate of drug-likeness (QED) is 0.531. The van der Waals surface area contributed by atoms with Crippen LogP contribution in [-0.2, 0) is 0 Å². The van der Waals surface area contributed by atoms with E-state index in [1.165, 1.54) is 0 Å². The van der Waals surface area contributed by atoms with Gasteiger partial charge in [0.1, 0.15) is 6.17 Å². The van der Waals surface area contributed by atoms with Crippen molar-refractivity contribution in [2.75, 3.05) is 0 Å². The van der Waals surface area contributed by atoms with E-state index in [-0.39, 0.29) is 0 Å². The topological polar surface area (TPSA) is 0 Å². The fourth-order valence-electron chi connectivity index (χ4n) is 0.634. The number of allylic oxidation sites excluding steroid dienone is 2. The smallest absolute Gasteiger partial charge is 0.118 e. The fraction of sp³-hybridized carbons (Fsp3) is 0.778. The van der Waals surface area contributed by atoms with E-state index in [9.17, 15) is 4.39 Å². The Hall–Kier alpha value is -0.330. The Balaban J connectivity index is 3.36. The van der Waals surface area contributed by atoms with Gasteiger partial charge in [-0.3, -0.25) is 0 Å². The van der Waals surface area contributed by atoms with Crippen molar-refractivity contribution in [3.05, 3.63) is 12.2 Å². The lowest BCUT2D eigenvalue weighted by molar-refractivity contribution is 0.389. The lowest BCUT2D eigenvalue weighted by atomic mass is 10.1. The minimum atomic E-state index is -0.737. The van der Waals surface area contributed by atoms with Crippen LogP contribution in [0.5, 0.6) is 0 Å². The Morgan fingerprint density at radius 2 is 2.00 bits per heavy atom. The van der Waals surface area contributed by atoms with E-state index >= 15 is 0 Å². The van der Waals surface area contributed by atoms with Crippen molar-refractivity contribution < 1.29 is 4.39 Å². The third-order valence-corrected chi connectivity index (χ3v) is 1.34. The molecule has 0 saturated carbocycles. The Labute approximate surface area is 63.1 Å². The Morgan fingerprint density at radius 1 is 1.40 bits per heavy atom. The van der Waals surface area contributed by atoms with Crippen molar-refractivity contribution in [2.24, 2.45) is 5.92 Å². The third kappa shape index (κ3) is 5.80. The van der Waals surface area contributed by atoms with Crippen molar-refractivity contribution in [1.82, 2.24) is 0 Å². The molecule has 0 aromatic rings. The van der Waals surface area contributed by atoms with Gasteiger partial charge in [-0.25, -0.2) is 4.39 Å². The summed E-state index contributed by atoms with van der Waals surface area (Å²) < 4.78 is 12.5. The highest BCUT2D eigenvalue weighted by molar-refractivity contribution is 4.88. The Bertz CT molecular complexity index is 94.9. The summed E-state index contributed by atoms with van der Waals surface area (Å²) in [5, 5.41) is 0. The van der Waals surface area contributed by atoms with Gasteiger partial charge in [-0.2, -0.15) is 0 Å². The summed E-state index contributed by atoms with van der Waals surface area (Å²) in [5.41, 5.74) is 0. The molecule has 1 unspecified atom stereocenters.